The van der Waals surface area contributed by atoms with Gasteiger partial charge in [0.15, 0.2) is 10.9 Å². The monoisotopic (exact) mass is 309 g/mol. The van der Waals surface area contributed by atoms with Crippen molar-refractivity contribution >= 4 is 23.6 Å². The third-order valence-corrected chi connectivity index (χ3v) is 3.80. The second-order valence-corrected chi connectivity index (χ2v) is 5.35. The van der Waals surface area contributed by atoms with Crippen molar-refractivity contribution in [3.8, 4) is 0 Å². The Morgan fingerprint density at radius 1 is 1.52 bits per heavy atom. The molecular weight excluding hydrogens is 294 g/mol. The highest BCUT2D eigenvalue weighted by atomic mass is 32.2. The van der Waals surface area contributed by atoms with Crippen LogP contribution < -0.4 is 5.32 Å². The van der Waals surface area contributed by atoms with Crippen molar-refractivity contribution in [1.82, 2.24) is 14.9 Å². The summed E-state index contributed by atoms with van der Waals surface area (Å²) in [5.74, 6) is -0.389. The molecule has 112 valence electrons. The molecule has 2 rings (SSSR count). The predicted molar refractivity (Wildman–Crippen MR) is 76.0 cm³/mol. The van der Waals surface area contributed by atoms with Gasteiger partial charge in [-0.3, -0.25) is 9.59 Å². The van der Waals surface area contributed by atoms with E-state index in [1.165, 1.54) is 24.8 Å². The number of aliphatic carboxylic acids is 1. The van der Waals surface area contributed by atoms with Crippen LogP contribution in [0.3, 0.4) is 0 Å². The largest absolute Gasteiger partial charge is 0.480 e. The van der Waals surface area contributed by atoms with Crippen LogP contribution in [-0.2, 0) is 17.6 Å². The maximum absolute atomic E-state index is 11.8. The number of nitrogens with zero attached hydrogens (tertiary/aromatic N) is 2. The van der Waals surface area contributed by atoms with Gasteiger partial charge in [0, 0.05) is 19.4 Å². The molecular formula is C13H15N3O4S. The first-order chi connectivity index (χ1) is 9.97. The number of furan rings is 1. The number of carboxylic acid groups (broad SMARTS) is 1. The highest BCUT2D eigenvalue weighted by Crippen LogP contribution is 2.21. The van der Waals surface area contributed by atoms with Crippen LogP contribution in [0.1, 0.15) is 23.2 Å². The molecule has 2 aromatic heterocycles. The summed E-state index contributed by atoms with van der Waals surface area (Å²) in [6.45, 7) is 1.39. The van der Waals surface area contributed by atoms with Gasteiger partial charge in [0.2, 0.25) is 0 Å². The molecule has 1 atom stereocenters. The van der Waals surface area contributed by atoms with Crippen molar-refractivity contribution in [2.75, 3.05) is 0 Å². The number of rotatable bonds is 6. The van der Waals surface area contributed by atoms with E-state index >= 15 is 0 Å². The lowest BCUT2D eigenvalue weighted by atomic mass is 10.3. The molecule has 0 aliphatic carbocycles. The number of carboxylic acids is 1. The lowest BCUT2D eigenvalue weighted by Crippen LogP contribution is -2.38. The van der Waals surface area contributed by atoms with Crippen LogP contribution in [0, 0.1) is 0 Å². The molecule has 0 radical (unpaired) electrons. The quantitative estimate of drug-likeness (QED) is 0.785. The molecule has 2 heterocycles. The molecule has 1 amide bonds. The third kappa shape index (κ3) is 3.88. The molecule has 1 unspecified atom stereocenters. The van der Waals surface area contributed by atoms with E-state index in [0.717, 1.165) is 5.16 Å². The van der Waals surface area contributed by atoms with Gasteiger partial charge in [0.1, 0.15) is 11.8 Å². The average molecular weight is 309 g/mol. The zero-order valence-corrected chi connectivity index (χ0v) is 12.4. The lowest BCUT2D eigenvalue weighted by molar-refractivity contribution is -0.138. The Morgan fingerprint density at radius 3 is 2.90 bits per heavy atom. The summed E-state index contributed by atoms with van der Waals surface area (Å²) in [6, 6.07) is 2.25. The number of carbonyl (C=O) groups excluding carboxylic acids is 1. The number of nitrogens with one attached hydrogen (secondary N) is 1. The number of carbonyl (C=O) groups is 2. The molecule has 0 bridgehead atoms. The van der Waals surface area contributed by atoms with Crippen LogP contribution in [0.15, 0.2) is 34.1 Å². The van der Waals surface area contributed by atoms with E-state index in [-0.39, 0.29) is 5.76 Å². The number of aryl methyl sites for hydroxylation is 1. The van der Waals surface area contributed by atoms with E-state index < -0.39 is 17.9 Å². The second kappa shape index (κ2) is 6.49. The Hall–Kier alpha value is -2.22. The van der Waals surface area contributed by atoms with Gasteiger partial charge >= 0.3 is 5.97 Å². The highest BCUT2D eigenvalue weighted by molar-refractivity contribution is 7.98. The van der Waals surface area contributed by atoms with E-state index in [1.807, 2.05) is 17.8 Å². The molecule has 0 spiro atoms. The van der Waals surface area contributed by atoms with E-state index in [0.29, 0.717) is 11.5 Å². The smallest absolute Gasteiger partial charge is 0.325 e. The summed E-state index contributed by atoms with van der Waals surface area (Å²) >= 11 is 1.48. The van der Waals surface area contributed by atoms with Crippen LogP contribution >= 0.6 is 11.8 Å². The molecule has 2 N–H and O–H groups in total. The number of amides is 1. The standard InChI is InChI=1S/C13H15N3O4S/c1-8(12(18)19)15-11(17)10-4-3-9(20-10)7-21-13-14-5-6-16(13)2/h3-6,8H,7H2,1-2H3,(H,15,17)(H,18,19). The van der Waals surface area contributed by atoms with Crippen LogP contribution in [-0.4, -0.2) is 32.6 Å². The fourth-order valence-electron chi connectivity index (χ4n) is 1.53. The van der Waals surface area contributed by atoms with Crippen molar-refractivity contribution in [3.63, 3.8) is 0 Å². The van der Waals surface area contributed by atoms with Crippen LogP contribution in [0.5, 0.6) is 0 Å². The molecule has 0 saturated carbocycles. The summed E-state index contributed by atoms with van der Waals surface area (Å²) in [7, 11) is 1.89. The average Bonchev–Trinajstić information content (AvgIpc) is 3.05. The zero-order valence-electron chi connectivity index (χ0n) is 11.6. The van der Waals surface area contributed by atoms with Gasteiger partial charge in [-0.1, -0.05) is 11.8 Å². The van der Waals surface area contributed by atoms with E-state index in [4.69, 9.17) is 9.52 Å². The van der Waals surface area contributed by atoms with Crippen molar-refractivity contribution in [2.24, 2.45) is 7.05 Å². The molecule has 0 fully saturated rings. The first-order valence-corrected chi connectivity index (χ1v) is 7.18. The fourth-order valence-corrected chi connectivity index (χ4v) is 2.36. The molecule has 2 aromatic rings. The molecule has 7 nitrogen and oxygen atoms in total. The van der Waals surface area contributed by atoms with E-state index in [1.54, 1.807) is 12.3 Å². The Labute approximate surface area is 125 Å². The van der Waals surface area contributed by atoms with Crippen molar-refractivity contribution in [1.29, 1.82) is 0 Å². The Bertz CT molecular complexity index is 649. The van der Waals surface area contributed by atoms with Gasteiger partial charge in [-0.15, -0.1) is 0 Å². The van der Waals surface area contributed by atoms with Crippen LogP contribution in [0.4, 0.5) is 0 Å². The summed E-state index contributed by atoms with van der Waals surface area (Å²) in [5, 5.41) is 11.9. The molecule has 0 aliphatic heterocycles. The number of thioether (sulfide) groups is 1. The molecule has 0 saturated heterocycles. The van der Waals surface area contributed by atoms with Crippen molar-refractivity contribution in [3.05, 3.63) is 36.0 Å². The van der Waals surface area contributed by atoms with Crippen molar-refractivity contribution < 1.29 is 19.1 Å². The molecule has 21 heavy (non-hydrogen) atoms. The van der Waals surface area contributed by atoms with Crippen molar-refractivity contribution in [2.45, 2.75) is 23.9 Å². The van der Waals surface area contributed by atoms with Crippen LogP contribution in [0.25, 0.3) is 0 Å². The molecule has 8 heteroatoms. The Kier molecular flexibility index (Phi) is 4.69. The van der Waals surface area contributed by atoms with Gasteiger partial charge in [-0.05, 0) is 19.1 Å². The predicted octanol–water partition coefficient (Wildman–Crippen LogP) is 1.51. The topological polar surface area (TPSA) is 97.4 Å². The minimum Gasteiger partial charge on any atom is -0.480 e. The summed E-state index contributed by atoms with van der Waals surface area (Å²) in [4.78, 5) is 26.6. The molecule has 0 aromatic carbocycles. The summed E-state index contributed by atoms with van der Waals surface area (Å²) in [5.41, 5.74) is 0. The first-order valence-electron chi connectivity index (χ1n) is 6.20. The minimum absolute atomic E-state index is 0.0959. The fraction of sp³-hybridized carbons (Fsp3) is 0.308. The second-order valence-electron chi connectivity index (χ2n) is 4.41. The highest BCUT2D eigenvalue weighted by Gasteiger charge is 2.18. The number of imidazole rings is 1. The summed E-state index contributed by atoms with van der Waals surface area (Å²) in [6.07, 6.45) is 3.55. The minimum atomic E-state index is -1.10. The van der Waals surface area contributed by atoms with Gasteiger partial charge in [-0.2, -0.15) is 0 Å². The van der Waals surface area contributed by atoms with Gasteiger partial charge < -0.3 is 19.4 Å². The Morgan fingerprint density at radius 2 is 2.29 bits per heavy atom. The normalized spacial score (nSPS) is 12.1. The van der Waals surface area contributed by atoms with Gasteiger partial charge in [0.25, 0.3) is 5.91 Å². The van der Waals surface area contributed by atoms with E-state index in [2.05, 4.69) is 10.3 Å². The summed E-state index contributed by atoms with van der Waals surface area (Å²) < 4.78 is 7.29. The number of aromatic nitrogens is 2. The number of hydrogen-bond acceptors (Lipinski definition) is 5. The number of hydrogen-bond donors (Lipinski definition) is 2. The van der Waals surface area contributed by atoms with Gasteiger partial charge in [-0.25, -0.2) is 4.98 Å². The van der Waals surface area contributed by atoms with E-state index in [9.17, 15) is 9.59 Å². The van der Waals surface area contributed by atoms with Crippen LogP contribution in [0.2, 0.25) is 0 Å². The third-order valence-electron chi connectivity index (χ3n) is 2.72. The maximum atomic E-state index is 11.8. The SMILES string of the molecule is CC(NC(=O)c1ccc(CSc2nccn2C)o1)C(=O)O. The zero-order chi connectivity index (χ0) is 15.4. The molecule has 0 aliphatic rings. The lowest BCUT2D eigenvalue weighted by Gasteiger charge is -2.06. The Balaban J connectivity index is 1.93. The first kappa shape index (κ1) is 15.2. The van der Waals surface area contributed by atoms with Gasteiger partial charge in [0.05, 0.1) is 5.75 Å². The maximum Gasteiger partial charge on any atom is 0.325 e.